The molecule has 1 atom stereocenters. The summed E-state index contributed by atoms with van der Waals surface area (Å²) in [5, 5.41) is 7.11. The summed E-state index contributed by atoms with van der Waals surface area (Å²) in [4.78, 5) is 0. The van der Waals surface area contributed by atoms with Crippen LogP contribution in [0.1, 0.15) is 24.1 Å². The molecule has 0 spiro atoms. The Balaban J connectivity index is 1.93. The molecule has 0 bridgehead atoms. The van der Waals surface area contributed by atoms with E-state index in [-0.39, 0.29) is 6.04 Å². The van der Waals surface area contributed by atoms with E-state index in [4.69, 9.17) is 23.2 Å². The highest BCUT2D eigenvalue weighted by Crippen LogP contribution is 2.37. The molecule has 3 rings (SSSR count). The van der Waals surface area contributed by atoms with Gasteiger partial charge in [-0.2, -0.15) is 0 Å². The summed E-state index contributed by atoms with van der Waals surface area (Å²) in [5.74, 6) is 0. The van der Waals surface area contributed by atoms with Crippen LogP contribution in [0, 0.1) is 0 Å². The molecule has 0 aliphatic carbocycles. The first-order valence-electron chi connectivity index (χ1n) is 6.82. The van der Waals surface area contributed by atoms with Gasteiger partial charge in [0.1, 0.15) is 0 Å². The van der Waals surface area contributed by atoms with E-state index in [2.05, 4.69) is 41.9 Å². The van der Waals surface area contributed by atoms with Crippen LogP contribution in [-0.4, -0.2) is 6.54 Å². The molecule has 3 aromatic rings. The number of hydrogen-bond acceptors (Lipinski definition) is 3. The van der Waals surface area contributed by atoms with Gasteiger partial charge in [-0.25, -0.2) is 0 Å². The van der Waals surface area contributed by atoms with Gasteiger partial charge in [-0.3, -0.25) is 0 Å². The van der Waals surface area contributed by atoms with Crippen LogP contribution in [0.5, 0.6) is 0 Å². The lowest BCUT2D eigenvalue weighted by Crippen LogP contribution is -2.22. The molecule has 0 saturated heterocycles. The average molecular weight is 356 g/mol. The molecule has 1 nitrogen and oxygen atoms in total. The minimum absolute atomic E-state index is 0.198. The second-order valence-electron chi connectivity index (χ2n) is 4.85. The fourth-order valence-electron chi connectivity index (χ4n) is 2.54. The highest BCUT2D eigenvalue weighted by atomic mass is 35.5. The van der Waals surface area contributed by atoms with Crippen molar-refractivity contribution in [2.24, 2.45) is 0 Å². The van der Waals surface area contributed by atoms with Crippen molar-refractivity contribution < 1.29 is 0 Å². The van der Waals surface area contributed by atoms with Gasteiger partial charge in [-0.1, -0.05) is 48.3 Å². The molecule has 2 aromatic heterocycles. The Bertz CT molecular complexity index is 748. The van der Waals surface area contributed by atoms with Crippen LogP contribution in [0.4, 0.5) is 0 Å². The van der Waals surface area contributed by atoms with E-state index < -0.39 is 0 Å². The number of likely N-dealkylation sites (N-methyl/N-ethyl adjacent to an activating group) is 1. The van der Waals surface area contributed by atoms with Gasteiger partial charge >= 0.3 is 0 Å². The Kier molecular flexibility index (Phi) is 4.87. The first kappa shape index (κ1) is 15.3. The number of fused-ring (bicyclic) bond motifs is 1. The molecular weight excluding hydrogens is 341 g/mol. The molecule has 1 unspecified atom stereocenters. The lowest BCUT2D eigenvalue weighted by molar-refractivity contribution is 0.553. The van der Waals surface area contributed by atoms with Crippen molar-refractivity contribution in [1.29, 1.82) is 0 Å². The molecule has 0 amide bonds. The number of thiophene rings is 2. The quantitative estimate of drug-likeness (QED) is 0.577. The number of halogens is 2. The van der Waals surface area contributed by atoms with Crippen molar-refractivity contribution in [3.8, 4) is 0 Å². The minimum Gasteiger partial charge on any atom is -0.310 e. The predicted molar refractivity (Wildman–Crippen MR) is 96.3 cm³/mol. The zero-order chi connectivity index (χ0) is 14.8. The summed E-state index contributed by atoms with van der Waals surface area (Å²) < 4.78 is 2.86. The third kappa shape index (κ3) is 3.27. The number of nitrogens with one attached hydrogen (secondary N) is 1. The predicted octanol–water partition coefficient (Wildman–Crippen LogP) is 6.16. The average Bonchev–Trinajstić information content (AvgIpc) is 3.02. The molecule has 0 radical (unpaired) electrons. The van der Waals surface area contributed by atoms with Crippen molar-refractivity contribution in [1.82, 2.24) is 5.32 Å². The van der Waals surface area contributed by atoms with Gasteiger partial charge in [0, 0.05) is 16.3 Å². The Morgan fingerprint density at radius 1 is 1.24 bits per heavy atom. The lowest BCUT2D eigenvalue weighted by Gasteiger charge is -2.17. The molecule has 0 aliphatic rings. The molecule has 1 N–H and O–H groups in total. The van der Waals surface area contributed by atoms with Gasteiger partial charge in [0.25, 0.3) is 0 Å². The number of benzene rings is 1. The van der Waals surface area contributed by atoms with E-state index in [9.17, 15) is 0 Å². The largest absolute Gasteiger partial charge is 0.310 e. The van der Waals surface area contributed by atoms with Crippen molar-refractivity contribution >= 4 is 56.0 Å². The Hall–Kier alpha value is -0.580. The maximum atomic E-state index is 6.33. The van der Waals surface area contributed by atoms with Gasteiger partial charge in [0.15, 0.2) is 0 Å². The van der Waals surface area contributed by atoms with Crippen LogP contribution >= 0.6 is 45.9 Å². The van der Waals surface area contributed by atoms with Gasteiger partial charge in [0.05, 0.1) is 8.67 Å². The van der Waals surface area contributed by atoms with Crippen molar-refractivity contribution in [2.45, 2.75) is 19.4 Å². The van der Waals surface area contributed by atoms with E-state index in [1.165, 1.54) is 27.0 Å². The number of hydrogen-bond donors (Lipinski definition) is 1. The maximum absolute atomic E-state index is 6.33. The van der Waals surface area contributed by atoms with Gasteiger partial charge in [-0.05, 0) is 41.4 Å². The molecule has 5 heteroatoms. The molecule has 0 fully saturated rings. The van der Waals surface area contributed by atoms with Gasteiger partial charge in [0.2, 0.25) is 0 Å². The fourth-order valence-corrected chi connectivity index (χ4v) is 5.09. The molecule has 0 aliphatic heterocycles. The standard InChI is InChI=1S/C16H15Cl2NS2/c1-2-19-13(12-8-15(17)21-16(12)18)7-10-9-20-14-6-4-3-5-11(10)14/h3-6,8-9,13,19H,2,7H2,1H3. The molecule has 2 heterocycles. The molecule has 21 heavy (non-hydrogen) atoms. The third-order valence-corrected chi connectivity index (χ3v) is 6.02. The van der Waals surface area contributed by atoms with Crippen molar-refractivity contribution in [3.63, 3.8) is 0 Å². The summed E-state index contributed by atoms with van der Waals surface area (Å²) >= 11 is 15.7. The van der Waals surface area contributed by atoms with Crippen molar-refractivity contribution in [3.05, 3.63) is 55.5 Å². The smallest absolute Gasteiger partial charge is 0.0992 e. The molecular formula is C16H15Cl2NS2. The number of rotatable bonds is 5. The Labute approximate surface area is 142 Å². The lowest BCUT2D eigenvalue weighted by atomic mass is 10.0. The van der Waals surface area contributed by atoms with Gasteiger partial charge < -0.3 is 5.32 Å². The molecule has 1 aromatic carbocycles. The topological polar surface area (TPSA) is 12.0 Å². The summed E-state index contributed by atoms with van der Waals surface area (Å²) in [7, 11) is 0. The maximum Gasteiger partial charge on any atom is 0.0992 e. The normalized spacial score (nSPS) is 12.9. The first-order chi connectivity index (χ1) is 10.2. The molecule has 110 valence electrons. The van der Waals surface area contributed by atoms with Crippen LogP contribution < -0.4 is 5.32 Å². The Morgan fingerprint density at radius 2 is 2.05 bits per heavy atom. The zero-order valence-corrected chi connectivity index (χ0v) is 14.7. The monoisotopic (exact) mass is 355 g/mol. The summed E-state index contributed by atoms with van der Waals surface area (Å²) in [5.41, 5.74) is 2.46. The van der Waals surface area contributed by atoms with Crippen LogP contribution in [-0.2, 0) is 6.42 Å². The summed E-state index contributed by atoms with van der Waals surface area (Å²) in [6, 6.07) is 10.7. The van der Waals surface area contributed by atoms with Crippen LogP contribution in [0.15, 0.2) is 35.7 Å². The van der Waals surface area contributed by atoms with E-state index in [0.29, 0.717) is 0 Å². The fraction of sp³-hybridized carbons (Fsp3) is 0.250. The van der Waals surface area contributed by atoms with Gasteiger partial charge in [-0.15, -0.1) is 22.7 Å². The Morgan fingerprint density at radius 3 is 2.76 bits per heavy atom. The van der Waals surface area contributed by atoms with Crippen LogP contribution in [0.25, 0.3) is 10.1 Å². The third-order valence-electron chi connectivity index (χ3n) is 3.49. The van der Waals surface area contributed by atoms with Crippen LogP contribution in [0.3, 0.4) is 0 Å². The van der Waals surface area contributed by atoms with E-state index in [1.807, 2.05) is 6.07 Å². The summed E-state index contributed by atoms with van der Waals surface area (Å²) in [6.45, 7) is 3.01. The highest BCUT2D eigenvalue weighted by Gasteiger charge is 2.18. The second kappa shape index (κ2) is 6.67. The zero-order valence-electron chi connectivity index (χ0n) is 11.5. The minimum atomic E-state index is 0.198. The highest BCUT2D eigenvalue weighted by molar-refractivity contribution is 7.20. The van der Waals surface area contributed by atoms with Crippen molar-refractivity contribution in [2.75, 3.05) is 6.54 Å². The first-order valence-corrected chi connectivity index (χ1v) is 9.27. The van der Waals surface area contributed by atoms with E-state index >= 15 is 0 Å². The van der Waals surface area contributed by atoms with E-state index in [1.54, 1.807) is 11.3 Å². The second-order valence-corrected chi connectivity index (χ2v) is 8.05. The SMILES string of the molecule is CCNC(Cc1csc2ccccc12)c1cc(Cl)sc1Cl. The van der Waals surface area contributed by atoms with Crippen LogP contribution in [0.2, 0.25) is 8.67 Å². The summed E-state index contributed by atoms with van der Waals surface area (Å²) in [6.07, 6.45) is 0.921. The van der Waals surface area contributed by atoms with E-state index in [0.717, 1.165) is 27.2 Å². The molecule has 0 saturated carbocycles.